The second kappa shape index (κ2) is 5.14. The van der Waals surface area contributed by atoms with Crippen molar-refractivity contribution in [3.63, 3.8) is 0 Å². The summed E-state index contributed by atoms with van der Waals surface area (Å²) in [5, 5.41) is 3.38. The largest absolute Gasteiger partial charge is 0.465 e. The van der Waals surface area contributed by atoms with Crippen molar-refractivity contribution in [1.82, 2.24) is 10.3 Å². The van der Waals surface area contributed by atoms with Crippen LogP contribution in [0.5, 0.6) is 0 Å². The van der Waals surface area contributed by atoms with Crippen LogP contribution >= 0.6 is 0 Å². The number of piperazine rings is 1. The molecule has 0 amide bonds. The van der Waals surface area contributed by atoms with Crippen LogP contribution in [-0.4, -0.2) is 43.7 Å². The van der Waals surface area contributed by atoms with Crippen molar-refractivity contribution in [3.05, 3.63) is 24.0 Å². The summed E-state index contributed by atoms with van der Waals surface area (Å²) < 4.78 is 4.69. The van der Waals surface area contributed by atoms with Crippen molar-refractivity contribution in [2.45, 2.75) is 13.0 Å². The Morgan fingerprint density at radius 3 is 3.12 bits per heavy atom. The van der Waals surface area contributed by atoms with E-state index in [2.05, 4.69) is 26.9 Å². The third-order valence-corrected chi connectivity index (χ3v) is 2.88. The molecule has 1 atom stereocenters. The van der Waals surface area contributed by atoms with E-state index in [0.29, 0.717) is 11.6 Å². The average molecular weight is 235 g/mol. The number of esters is 1. The number of carbonyl (C=O) groups excluding carboxylic acids is 1. The van der Waals surface area contributed by atoms with Crippen molar-refractivity contribution in [1.29, 1.82) is 0 Å². The molecule has 1 saturated heterocycles. The van der Waals surface area contributed by atoms with Gasteiger partial charge < -0.3 is 15.0 Å². The molecule has 17 heavy (non-hydrogen) atoms. The van der Waals surface area contributed by atoms with E-state index in [1.54, 1.807) is 6.20 Å². The number of hydrogen-bond donors (Lipinski definition) is 1. The van der Waals surface area contributed by atoms with Crippen molar-refractivity contribution in [3.8, 4) is 0 Å². The molecule has 1 aromatic heterocycles. The zero-order chi connectivity index (χ0) is 12.3. The summed E-state index contributed by atoms with van der Waals surface area (Å²) >= 11 is 0. The summed E-state index contributed by atoms with van der Waals surface area (Å²) in [7, 11) is 1.38. The van der Waals surface area contributed by atoms with E-state index in [-0.39, 0.29) is 5.97 Å². The summed E-state index contributed by atoms with van der Waals surface area (Å²) in [5.41, 5.74) is 1.47. The molecule has 0 bridgehead atoms. The molecule has 5 nitrogen and oxygen atoms in total. The number of nitrogens with zero attached hydrogens (tertiary/aromatic N) is 2. The summed E-state index contributed by atoms with van der Waals surface area (Å²) in [4.78, 5) is 17.7. The van der Waals surface area contributed by atoms with Crippen LogP contribution in [0.3, 0.4) is 0 Å². The molecule has 2 rings (SSSR count). The molecule has 0 saturated carbocycles. The predicted octanol–water partition coefficient (Wildman–Crippen LogP) is 0.666. The number of nitrogens with one attached hydrogen (secondary N) is 1. The summed E-state index contributed by atoms with van der Waals surface area (Å²) in [5.74, 6) is -0.345. The van der Waals surface area contributed by atoms with Gasteiger partial charge in [-0.1, -0.05) is 0 Å². The molecule has 5 heteroatoms. The fourth-order valence-electron chi connectivity index (χ4n) is 2.00. The number of hydrogen-bond acceptors (Lipinski definition) is 5. The second-order valence-corrected chi connectivity index (χ2v) is 4.22. The van der Waals surface area contributed by atoms with Crippen LogP contribution in [0.1, 0.15) is 17.3 Å². The fraction of sp³-hybridized carbons (Fsp3) is 0.500. The Labute approximate surface area is 101 Å². The van der Waals surface area contributed by atoms with E-state index >= 15 is 0 Å². The minimum absolute atomic E-state index is 0.345. The molecule has 0 radical (unpaired) electrons. The molecule has 1 aromatic rings. The zero-order valence-corrected chi connectivity index (χ0v) is 10.1. The third kappa shape index (κ3) is 2.74. The Morgan fingerprint density at radius 2 is 2.41 bits per heavy atom. The number of methoxy groups -OCH3 is 1. The highest BCUT2D eigenvalue weighted by Gasteiger charge is 2.17. The maximum atomic E-state index is 11.4. The van der Waals surface area contributed by atoms with E-state index in [0.717, 1.165) is 25.3 Å². The highest BCUT2D eigenvalue weighted by Crippen LogP contribution is 2.16. The second-order valence-electron chi connectivity index (χ2n) is 4.22. The Kier molecular flexibility index (Phi) is 3.58. The van der Waals surface area contributed by atoms with Gasteiger partial charge in [-0.05, 0) is 13.0 Å². The first-order valence-corrected chi connectivity index (χ1v) is 5.72. The lowest BCUT2D eigenvalue weighted by molar-refractivity contribution is 0.0600. The van der Waals surface area contributed by atoms with E-state index in [9.17, 15) is 4.79 Å². The third-order valence-electron chi connectivity index (χ3n) is 2.88. The van der Waals surface area contributed by atoms with Gasteiger partial charge in [0.1, 0.15) is 0 Å². The molecule has 1 N–H and O–H groups in total. The lowest BCUT2D eigenvalue weighted by Crippen LogP contribution is -2.49. The molecule has 0 aromatic carbocycles. The maximum Gasteiger partial charge on any atom is 0.339 e. The standard InChI is InChI=1S/C12H17N3O2/c1-9-8-15(4-3-14-9)11-5-10(6-13-7-11)12(16)17-2/h5-7,9,14H,3-4,8H2,1-2H3. The molecular weight excluding hydrogens is 218 g/mol. The number of ether oxygens (including phenoxy) is 1. The summed E-state index contributed by atoms with van der Waals surface area (Å²) in [6.07, 6.45) is 3.31. The van der Waals surface area contributed by atoms with Gasteiger partial charge >= 0.3 is 5.97 Å². The van der Waals surface area contributed by atoms with E-state index in [1.165, 1.54) is 13.3 Å². The predicted molar refractivity (Wildman–Crippen MR) is 65.3 cm³/mol. The van der Waals surface area contributed by atoms with Crippen LogP contribution < -0.4 is 10.2 Å². The van der Waals surface area contributed by atoms with Gasteiger partial charge in [0.25, 0.3) is 0 Å². The van der Waals surface area contributed by atoms with Crippen LogP contribution in [0, 0.1) is 0 Å². The van der Waals surface area contributed by atoms with Gasteiger partial charge in [-0.25, -0.2) is 4.79 Å². The Bertz CT molecular complexity index is 408. The van der Waals surface area contributed by atoms with Crippen LogP contribution in [-0.2, 0) is 4.74 Å². The SMILES string of the molecule is COC(=O)c1cncc(N2CCNC(C)C2)c1. The van der Waals surface area contributed by atoms with Gasteiger partial charge in [-0.2, -0.15) is 0 Å². The quantitative estimate of drug-likeness (QED) is 0.763. The summed E-state index contributed by atoms with van der Waals surface area (Å²) in [6, 6.07) is 2.28. The van der Waals surface area contributed by atoms with E-state index in [1.807, 2.05) is 6.07 Å². The number of pyridine rings is 1. The summed E-state index contributed by atoms with van der Waals surface area (Å²) in [6.45, 7) is 4.94. The molecule has 1 fully saturated rings. The van der Waals surface area contributed by atoms with Crippen molar-refractivity contribution in [2.75, 3.05) is 31.6 Å². The molecule has 1 aliphatic rings. The molecule has 1 aliphatic heterocycles. The maximum absolute atomic E-state index is 11.4. The van der Waals surface area contributed by atoms with Gasteiger partial charge in [0, 0.05) is 31.9 Å². The van der Waals surface area contributed by atoms with Gasteiger partial charge in [0.15, 0.2) is 0 Å². The number of carbonyl (C=O) groups is 1. The first-order valence-electron chi connectivity index (χ1n) is 5.72. The molecule has 2 heterocycles. The number of anilines is 1. The minimum atomic E-state index is -0.345. The number of aromatic nitrogens is 1. The Morgan fingerprint density at radius 1 is 1.59 bits per heavy atom. The molecule has 1 unspecified atom stereocenters. The molecule has 0 aliphatic carbocycles. The molecular formula is C12H17N3O2. The van der Waals surface area contributed by atoms with Gasteiger partial charge in [0.2, 0.25) is 0 Å². The van der Waals surface area contributed by atoms with E-state index < -0.39 is 0 Å². The van der Waals surface area contributed by atoms with Crippen LogP contribution in [0.25, 0.3) is 0 Å². The topological polar surface area (TPSA) is 54.5 Å². The van der Waals surface area contributed by atoms with Gasteiger partial charge in [0.05, 0.1) is 24.6 Å². The van der Waals surface area contributed by atoms with Crippen LogP contribution in [0.15, 0.2) is 18.5 Å². The highest BCUT2D eigenvalue weighted by molar-refractivity contribution is 5.90. The highest BCUT2D eigenvalue weighted by atomic mass is 16.5. The van der Waals surface area contributed by atoms with Gasteiger partial charge in [-0.15, -0.1) is 0 Å². The lowest BCUT2D eigenvalue weighted by Gasteiger charge is -2.33. The van der Waals surface area contributed by atoms with Crippen LogP contribution in [0.2, 0.25) is 0 Å². The average Bonchev–Trinajstić information content (AvgIpc) is 2.38. The number of rotatable bonds is 2. The first-order chi connectivity index (χ1) is 8.20. The minimum Gasteiger partial charge on any atom is -0.465 e. The van der Waals surface area contributed by atoms with Crippen molar-refractivity contribution >= 4 is 11.7 Å². The molecule has 0 spiro atoms. The lowest BCUT2D eigenvalue weighted by atomic mass is 10.2. The Balaban J connectivity index is 2.17. The molecule has 92 valence electrons. The van der Waals surface area contributed by atoms with Gasteiger partial charge in [-0.3, -0.25) is 4.98 Å². The van der Waals surface area contributed by atoms with E-state index in [4.69, 9.17) is 0 Å². The Hall–Kier alpha value is -1.62. The monoisotopic (exact) mass is 235 g/mol. The normalized spacial score (nSPS) is 20.1. The zero-order valence-electron chi connectivity index (χ0n) is 10.1. The van der Waals surface area contributed by atoms with Crippen LogP contribution in [0.4, 0.5) is 5.69 Å². The smallest absolute Gasteiger partial charge is 0.339 e. The first kappa shape index (κ1) is 11.9. The fourth-order valence-corrected chi connectivity index (χ4v) is 2.00. The van der Waals surface area contributed by atoms with Crippen molar-refractivity contribution < 1.29 is 9.53 Å². The van der Waals surface area contributed by atoms with Crippen molar-refractivity contribution in [2.24, 2.45) is 0 Å².